The fraction of sp³-hybridized carbons (Fsp3) is 0.538. The van der Waals surface area contributed by atoms with E-state index in [4.69, 9.17) is 8.83 Å². The molecule has 0 aromatic carbocycles. The smallest absolute Gasteiger partial charge is 0.315 e. The third kappa shape index (κ3) is 2.72. The molecule has 5 heteroatoms. The van der Waals surface area contributed by atoms with Gasteiger partial charge in [0.25, 0.3) is 0 Å². The molecule has 0 radical (unpaired) electrons. The molecule has 2 heterocycles. The van der Waals surface area contributed by atoms with E-state index in [0.29, 0.717) is 12.6 Å². The number of hydrogen-bond donors (Lipinski definition) is 1. The van der Waals surface area contributed by atoms with Gasteiger partial charge in [-0.25, -0.2) is 0 Å². The van der Waals surface area contributed by atoms with Crippen molar-refractivity contribution in [3.63, 3.8) is 0 Å². The maximum atomic E-state index is 5.57. The van der Waals surface area contributed by atoms with Crippen molar-refractivity contribution in [3.8, 4) is 0 Å². The van der Waals surface area contributed by atoms with E-state index in [1.54, 1.807) is 6.26 Å². The minimum Gasteiger partial charge on any atom is -0.467 e. The Hall–Kier alpha value is -1.78. The monoisotopic (exact) mass is 247 g/mol. The van der Waals surface area contributed by atoms with Gasteiger partial charge in [-0.3, -0.25) is 0 Å². The van der Waals surface area contributed by atoms with E-state index in [1.165, 1.54) is 25.7 Å². The predicted octanol–water partition coefficient (Wildman–Crippen LogP) is 3.01. The lowest BCUT2D eigenvalue weighted by atomic mass is 10.0. The summed E-state index contributed by atoms with van der Waals surface area (Å²) in [6.07, 6.45) is 7.81. The first-order valence-corrected chi connectivity index (χ1v) is 6.49. The van der Waals surface area contributed by atoms with Gasteiger partial charge in [0.15, 0.2) is 0 Å². The van der Waals surface area contributed by atoms with Crippen molar-refractivity contribution in [2.24, 2.45) is 5.92 Å². The van der Waals surface area contributed by atoms with Crippen LogP contribution in [0.25, 0.3) is 0 Å². The number of aromatic nitrogens is 2. The molecule has 1 aliphatic carbocycles. The highest BCUT2D eigenvalue weighted by Crippen LogP contribution is 2.27. The van der Waals surface area contributed by atoms with Crippen LogP contribution in [0, 0.1) is 5.92 Å². The van der Waals surface area contributed by atoms with Crippen molar-refractivity contribution in [3.05, 3.63) is 30.0 Å². The Balaban J connectivity index is 1.52. The fourth-order valence-electron chi connectivity index (χ4n) is 2.44. The molecule has 1 fully saturated rings. The summed E-state index contributed by atoms with van der Waals surface area (Å²) in [5.74, 6) is 2.32. The van der Waals surface area contributed by atoms with Gasteiger partial charge >= 0.3 is 6.01 Å². The van der Waals surface area contributed by atoms with Gasteiger partial charge in [-0.05, 0) is 30.9 Å². The summed E-state index contributed by atoms with van der Waals surface area (Å²) in [4.78, 5) is 0. The summed E-state index contributed by atoms with van der Waals surface area (Å²) in [7, 11) is 0. The second-order valence-electron chi connectivity index (χ2n) is 4.79. The lowest BCUT2D eigenvalue weighted by Gasteiger charge is -2.03. The molecule has 1 N–H and O–H groups in total. The van der Waals surface area contributed by atoms with Crippen molar-refractivity contribution >= 4 is 6.01 Å². The van der Waals surface area contributed by atoms with E-state index >= 15 is 0 Å². The van der Waals surface area contributed by atoms with Gasteiger partial charge in [0.2, 0.25) is 5.89 Å². The second-order valence-corrected chi connectivity index (χ2v) is 4.79. The summed E-state index contributed by atoms with van der Waals surface area (Å²) in [5.41, 5.74) is 0. The van der Waals surface area contributed by atoms with Crippen molar-refractivity contribution in [2.45, 2.75) is 38.6 Å². The minimum atomic E-state index is 0.472. The molecule has 0 spiro atoms. The van der Waals surface area contributed by atoms with Crippen molar-refractivity contribution in [1.29, 1.82) is 0 Å². The molecule has 0 amide bonds. The molecule has 18 heavy (non-hydrogen) atoms. The SMILES string of the molecule is c1coc(CNc2nnc(CC3CCCC3)o2)c1. The number of hydrogen-bond acceptors (Lipinski definition) is 5. The lowest BCUT2D eigenvalue weighted by molar-refractivity contribution is 0.435. The summed E-state index contributed by atoms with van der Waals surface area (Å²) in [6, 6.07) is 4.23. The zero-order valence-electron chi connectivity index (χ0n) is 10.3. The summed E-state index contributed by atoms with van der Waals surface area (Å²) < 4.78 is 10.8. The molecule has 0 unspecified atom stereocenters. The van der Waals surface area contributed by atoms with Gasteiger partial charge in [0, 0.05) is 6.42 Å². The van der Waals surface area contributed by atoms with Gasteiger partial charge in [0.1, 0.15) is 5.76 Å². The molecule has 1 aliphatic rings. The van der Waals surface area contributed by atoms with Crippen LogP contribution in [-0.2, 0) is 13.0 Å². The van der Waals surface area contributed by atoms with E-state index < -0.39 is 0 Å². The molecule has 5 nitrogen and oxygen atoms in total. The molecule has 0 bridgehead atoms. The van der Waals surface area contributed by atoms with E-state index in [0.717, 1.165) is 24.0 Å². The topological polar surface area (TPSA) is 64.1 Å². The Morgan fingerprint density at radius 1 is 1.28 bits per heavy atom. The highest BCUT2D eigenvalue weighted by atomic mass is 16.4. The van der Waals surface area contributed by atoms with Gasteiger partial charge < -0.3 is 14.2 Å². The first-order chi connectivity index (χ1) is 8.90. The number of furan rings is 1. The maximum Gasteiger partial charge on any atom is 0.315 e. The highest BCUT2D eigenvalue weighted by molar-refractivity contribution is 5.18. The van der Waals surface area contributed by atoms with Crippen molar-refractivity contribution < 1.29 is 8.83 Å². The lowest BCUT2D eigenvalue weighted by Crippen LogP contribution is -1.98. The van der Waals surface area contributed by atoms with Crippen LogP contribution >= 0.6 is 0 Å². The van der Waals surface area contributed by atoms with Crippen LogP contribution in [-0.4, -0.2) is 10.2 Å². The molecular formula is C13H17N3O2. The standard InChI is InChI=1S/C13H17N3O2/c1-2-5-10(4-1)8-12-15-16-13(18-12)14-9-11-6-3-7-17-11/h3,6-7,10H,1-2,4-5,8-9H2,(H,14,16). The van der Waals surface area contributed by atoms with E-state index in [2.05, 4.69) is 15.5 Å². The molecule has 2 aromatic heterocycles. The van der Waals surface area contributed by atoms with Gasteiger partial charge in [-0.2, -0.15) is 0 Å². The summed E-state index contributed by atoms with van der Waals surface area (Å²) >= 11 is 0. The molecular weight excluding hydrogens is 230 g/mol. The minimum absolute atomic E-state index is 0.472. The molecule has 0 atom stereocenters. The van der Waals surface area contributed by atoms with Crippen LogP contribution in [0.15, 0.2) is 27.2 Å². The van der Waals surface area contributed by atoms with E-state index in [-0.39, 0.29) is 0 Å². The van der Waals surface area contributed by atoms with Crippen molar-refractivity contribution in [1.82, 2.24) is 10.2 Å². The van der Waals surface area contributed by atoms with Crippen LogP contribution < -0.4 is 5.32 Å². The predicted molar refractivity (Wildman–Crippen MR) is 66.0 cm³/mol. The third-order valence-corrected chi connectivity index (χ3v) is 3.40. The summed E-state index contributed by atoms with van der Waals surface area (Å²) in [5, 5.41) is 11.1. The molecule has 0 aliphatic heterocycles. The quantitative estimate of drug-likeness (QED) is 0.879. The zero-order valence-corrected chi connectivity index (χ0v) is 10.3. The Bertz CT molecular complexity index is 472. The number of anilines is 1. The van der Waals surface area contributed by atoms with Crippen molar-refractivity contribution in [2.75, 3.05) is 5.32 Å². The second kappa shape index (κ2) is 5.25. The Morgan fingerprint density at radius 2 is 2.17 bits per heavy atom. The van der Waals surface area contributed by atoms with Crippen LogP contribution in [0.3, 0.4) is 0 Å². The number of nitrogens with zero attached hydrogens (tertiary/aromatic N) is 2. The molecule has 96 valence electrons. The fourth-order valence-corrected chi connectivity index (χ4v) is 2.44. The number of nitrogens with one attached hydrogen (secondary N) is 1. The average Bonchev–Trinajstić information content (AvgIpc) is 3.09. The Morgan fingerprint density at radius 3 is 2.94 bits per heavy atom. The largest absolute Gasteiger partial charge is 0.467 e. The molecule has 3 rings (SSSR count). The van der Waals surface area contributed by atoms with Gasteiger partial charge in [-0.1, -0.05) is 17.9 Å². The zero-order chi connectivity index (χ0) is 12.2. The first-order valence-electron chi connectivity index (χ1n) is 6.49. The number of rotatable bonds is 5. The molecule has 1 saturated carbocycles. The van der Waals surface area contributed by atoms with Crippen LogP contribution in [0.5, 0.6) is 0 Å². The normalized spacial score (nSPS) is 16.2. The highest BCUT2D eigenvalue weighted by Gasteiger charge is 2.18. The molecule has 2 aromatic rings. The Labute approximate surface area is 106 Å². The van der Waals surface area contributed by atoms with E-state index in [1.807, 2.05) is 12.1 Å². The van der Waals surface area contributed by atoms with Gasteiger partial charge in [0.05, 0.1) is 12.8 Å². The maximum absolute atomic E-state index is 5.57. The summed E-state index contributed by atoms with van der Waals surface area (Å²) in [6.45, 7) is 0.568. The van der Waals surface area contributed by atoms with Crippen LogP contribution in [0.2, 0.25) is 0 Å². The first kappa shape index (κ1) is 11.3. The van der Waals surface area contributed by atoms with Crippen LogP contribution in [0.4, 0.5) is 6.01 Å². The molecule has 0 saturated heterocycles. The van der Waals surface area contributed by atoms with E-state index in [9.17, 15) is 0 Å². The van der Waals surface area contributed by atoms with Crippen LogP contribution in [0.1, 0.15) is 37.3 Å². The average molecular weight is 247 g/mol. The third-order valence-electron chi connectivity index (χ3n) is 3.40. The Kier molecular flexibility index (Phi) is 3.30. The van der Waals surface area contributed by atoms with Gasteiger partial charge in [-0.15, -0.1) is 5.10 Å².